The molecule has 0 saturated heterocycles. The van der Waals surface area contributed by atoms with Crippen LogP contribution in [0.1, 0.15) is 38.8 Å². The van der Waals surface area contributed by atoms with Crippen LogP contribution in [-0.2, 0) is 4.74 Å². The first-order valence-corrected chi connectivity index (χ1v) is 7.28. The molecule has 0 unspecified atom stereocenters. The maximum atomic E-state index is 12.7. The molecule has 0 bridgehead atoms. The zero-order valence-corrected chi connectivity index (χ0v) is 12.8. The van der Waals surface area contributed by atoms with Gasteiger partial charge in [-0.15, -0.1) is 0 Å². The van der Waals surface area contributed by atoms with Gasteiger partial charge in [-0.2, -0.15) is 0 Å². The molecule has 6 heteroatoms. The third-order valence-electron chi connectivity index (χ3n) is 3.44. The van der Waals surface area contributed by atoms with Crippen molar-refractivity contribution in [3.63, 3.8) is 0 Å². The van der Waals surface area contributed by atoms with E-state index in [2.05, 4.69) is 0 Å². The Hall–Kier alpha value is -2.66. The summed E-state index contributed by atoms with van der Waals surface area (Å²) in [6, 6.07) is 9.22. The highest BCUT2D eigenvalue weighted by Crippen LogP contribution is 2.37. The molecule has 0 N–H and O–H groups in total. The van der Waals surface area contributed by atoms with Crippen molar-refractivity contribution < 1.29 is 23.9 Å². The third kappa shape index (κ3) is 2.49. The fourth-order valence-electron chi connectivity index (χ4n) is 2.48. The van der Waals surface area contributed by atoms with Crippen molar-refractivity contribution in [1.29, 1.82) is 0 Å². The quantitative estimate of drug-likeness (QED) is 0.530. The fourth-order valence-corrected chi connectivity index (χ4v) is 2.72. The van der Waals surface area contributed by atoms with Gasteiger partial charge in [0, 0.05) is 11.1 Å². The molecule has 0 aliphatic heterocycles. The molecule has 2 aromatic rings. The van der Waals surface area contributed by atoms with E-state index in [-0.39, 0.29) is 45.4 Å². The van der Waals surface area contributed by atoms with Gasteiger partial charge in [-0.1, -0.05) is 35.9 Å². The van der Waals surface area contributed by atoms with Gasteiger partial charge >= 0.3 is 6.16 Å². The molecule has 1 aliphatic rings. The number of carbonyl (C=O) groups is 3. The van der Waals surface area contributed by atoms with Crippen LogP contribution in [0.4, 0.5) is 4.79 Å². The number of benzene rings is 2. The van der Waals surface area contributed by atoms with Gasteiger partial charge in [0.25, 0.3) is 0 Å². The van der Waals surface area contributed by atoms with Crippen LogP contribution < -0.4 is 4.74 Å². The molecule has 2 aromatic carbocycles. The monoisotopic (exact) mass is 330 g/mol. The number of ketones is 2. The van der Waals surface area contributed by atoms with E-state index in [0.717, 1.165) is 0 Å². The van der Waals surface area contributed by atoms with Crippen LogP contribution in [0.3, 0.4) is 0 Å². The minimum atomic E-state index is -0.948. The Morgan fingerprint density at radius 3 is 2.22 bits per heavy atom. The normalized spacial score (nSPS) is 12.4. The lowest BCUT2D eigenvalue weighted by Gasteiger charge is -2.20. The first kappa shape index (κ1) is 15.2. The van der Waals surface area contributed by atoms with Gasteiger partial charge in [0.2, 0.25) is 0 Å². The molecule has 23 heavy (non-hydrogen) atoms. The van der Waals surface area contributed by atoms with Crippen LogP contribution in [0.25, 0.3) is 0 Å². The Labute approximate surface area is 136 Å². The Morgan fingerprint density at radius 2 is 1.61 bits per heavy atom. The lowest BCUT2D eigenvalue weighted by Crippen LogP contribution is -2.23. The summed E-state index contributed by atoms with van der Waals surface area (Å²) in [4.78, 5) is 36.9. The van der Waals surface area contributed by atoms with E-state index in [1.165, 1.54) is 12.1 Å². The molecule has 3 rings (SSSR count). The van der Waals surface area contributed by atoms with Gasteiger partial charge in [-0.25, -0.2) is 4.79 Å². The molecule has 1 aliphatic carbocycles. The predicted molar refractivity (Wildman–Crippen MR) is 82.4 cm³/mol. The van der Waals surface area contributed by atoms with Crippen molar-refractivity contribution in [3.8, 4) is 5.75 Å². The Balaban J connectivity index is 2.17. The van der Waals surface area contributed by atoms with Crippen molar-refractivity contribution in [3.05, 3.63) is 63.7 Å². The van der Waals surface area contributed by atoms with Crippen molar-refractivity contribution in [2.45, 2.75) is 6.92 Å². The highest BCUT2D eigenvalue weighted by molar-refractivity contribution is 6.39. The molecule has 0 aromatic heterocycles. The summed E-state index contributed by atoms with van der Waals surface area (Å²) in [5.74, 6) is -0.845. The van der Waals surface area contributed by atoms with E-state index in [9.17, 15) is 14.4 Å². The summed E-state index contributed by atoms with van der Waals surface area (Å²) in [6.07, 6.45) is -0.948. The third-order valence-corrected chi connectivity index (χ3v) is 3.76. The molecule has 116 valence electrons. The molecule has 0 spiro atoms. The molecule has 0 heterocycles. The number of rotatable bonds is 2. The van der Waals surface area contributed by atoms with Crippen LogP contribution in [0.5, 0.6) is 5.75 Å². The molecule has 5 nitrogen and oxygen atoms in total. The highest BCUT2D eigenvalue weighted by atomic mass is 35.5. The molecule has 0 radical (unpaired) electrons. The molecular formula is C17H11ClO5. The minimum Gasteiger partial charge on any atom is -0.434 e. The summed E-state index contributed by atoms with van der Waals surface area (Å²) in [7, 11) is 0. The molecule has 0 atom stereocenters. The summed E-state index contributed by atoms with van der Waals surface area (Å²) in [6.45, 7) is 1.76. The van der Waals surface area contributed by atoms with Crippen LogP contribution >= 0.6 is 11.6 Å². The largest absolute Gasteiger partial charge is 0.513 e. The van der Waals surface area contributed by atoms with Crippen LogP contribution in [0.15, 0.2) is 36.4 Å². The van der Waals surface area contributed by atoms with Gasteiger partial charge in [-0.05, 0) is 19.1 Å². The molecule has 0 saturated carbocycles. The molecule has 0 fully saturated rings. The lowest BCUT2D eigenvalue weighted by atomic mass is 9.83. The fraction of sp³-hybridized carbons (Fsp3) is 0.118. The number of fused-ring (bicyclic) bond motifs is 2. The Morgan fingerprint density at radius 1 is 1.00 bits per heavy atom. The van der Waals surface area contributed by atoms with Crippen LogP contribution in [0.2, 0.25) is 5.02 Å². The summed E-state index contributed by atoms with van der Waals surface area (Å²) in [5.41, 5.74) is 0.549. The topological polar surface area (TPSA) is 69.7 Å². The second kappa shape index (κ2) is 5.85. The standard InChI is InChI=1S/C17H11ClO5/c1-2-22-17(21)23-12-8-7-11(18)13-14(12)16(20)10-6-4-3-5-9(10)15(13)19/h3-8H,2H2,1H3. The smallest absolute Gasteiger partial charge is 0.434 e. The first-order chi connectivity index (χ1) is 11.0. The first-order valence-electron chi connectivity index (χ1n) is 6.90. The van der Waals surface area contributed by atoms with Gasteiger partial charge < -0.3 is 9.47 Å². The second-order valence-corrected chi connectivity index (χ2v) is 5.19. The van der Waals surface area contributed by atoms with Gasteiger partial charge in [-0.3, -0.25) is 9.59 Å². The van der Waals surface area contributed by atoms with Crippen molar-refractivity contribution >= 4 is 29.3 Å². The van der Waals surface area contributed by atoms with Crippen molar-refractivity contribution in [2.75, 3.05) is 6.61 Å². The van der Waals surface area contributed by atoms with E-state index < -0.39 is 11.9 Å². The molecular weight excluding hydrogens is 320 g/mol. The second-order valence-electron chi connectivity index (χ2n) is 4.78. The van der Waals surface area contributed by atoms with E-state index in [0.29, 0.717) is 0 Å². The average molecular weight is 331 g/mol. The zero-order chi connectivity index (χ0) is 16.6. The van der Waals surface area contributed by atoms with Crippen LogP contribution in [-0.4, -0.2) is 24.3 Å². The predicted octanol–water partition coefficient (Wildman–Crippen LogP) is 3.65. The van der Waals surface area contributed by atoms with Crippen LogP contribution in [0, 0.1) is 0 Å². The summed E-state index contributed by atoms with van der Waals surface area (Å²) >= 11 is 6.09. The number of hydrogen-bond acceptors (Lipinski definition) is 5. The van der Waals surface area contributed by atoms with E-state index in [1.807, 2.05) is 0 Å². The average Bonchev–Trinajstić information content (AvgIpc) is 2.54. The zero-order valence-electron chi connectivity index (χ0n) is 12.1. The van der Waals surface area contributed by atoms with Crippen molar-refractivity contribution in [2.24, 2.45) is 0 Å². The number of halogens is 1. The van der Waals surface area contributed by atoms with E-state index in [4.69, 9.17) is 21.1 Å². The van der Waals surface area contributed by atoms with Gasteiger partial charge in [0.15, 0.2) is 11.6 Å². The van der Waals surface area contributed by atoms with Gasteiger partial charge in [0.1, 0.15) is 5.75 Å². The maximum absolute atomic E-state index is 12.7. The number of carbonyl (C=O) groups excluding carboxylic acids is 3. The molecule has 0 amide bonds. The Bertz CT molecular complexity index is 841. The highest BCUT2D eigenvalue weighted by Gasteiger charge is 2.34. The number of hydrogen-bond donors (Lipinski definition) is 0. The van der Waals surface area contributed by atoms with E-state index >= 15 is 0 Å². The number of ether oxygens (including phenoxy) is 2. The van der Waals surface area contributed by atoms with E-state index in [1.54, 1.807) is 31.2 Å². The maximum Gasteiger partial charge on any atom is 0.513 e. The Kier molecular flexibility index (Phi) is 3.88. The lowest BCUT2D eigenvalue weighted by molar-refractivity contribution is 0.0957. The van der Waals surface area contributed by atoms with Gasteiger partial charge in [0.05, 0.1) is 22.8 Å². The minimum absolute atomic E-state index is 0.0192. The summed E-state index contributed by atoms with van der Waals surface area (Å²) in [5, 5.41) is 0.129. The van der Waals surface area contributed by atoms with Crippen molar-refractivity contribution in [1.82, 2.24) is 0 Å². The summed E-state index contributed by atoms with van der Waals surface area (Å²) < 4.78 is 9.76. The SMILES string of the molecule is CCOC(=O)Oc1ccc(Cl)c2c1C(=O)c1ccccc1C2=O.